The highest BCUT2D eigenvalue weighted by molar-refractivity contribution is 7.16. The number of urea groups is 1. The molecule has 1 saturated carbocycles. The van der Waals surface area contributed by atoms with Crippen molar-refractivity contribution in [1.29, 1.82) is 0 Å². The summed E-state index contributed by atoms with van der Waals surface area (Å²) in [6.45, 7) is 8.60. The van der Waals surface area contributed by atoms with Gasteiger partial charge in [0.2, 0.25) is 0 Å². The standard InChI is InChI=1S/C28H34ClN3OS/c1-17(2)20-14-10-15-21(18(3)4)24(20)31-28(33)32-27-25(22-13-8-9-16-23(22)29)30-26(34-27)19-11-6-5-7-12-19/h8-10,13-19H,5-7,11-12H2,1-4H3,(H2,31,32,33). The van der Waals surface area contributed by atoms with Crippen LogP contribution in [0.2, 0.25) is 5.02 Å². The Balaban J connectivity index is 1.67. The van der Waals surface area contributed by atoms with E-state index >= 15 is 0 Å². The first-order valence-corrected chi connectivity index (χ1v) is 13.5. The Morgan fingerprint density at radius 3 is 2.21 bits per heavy atom. The topological polar surface area (TPSA) is 54.0 Å². The van der Waals surface area contributed by atoms with E-state index in [9.17, 15) is 4.79 Å². The minimum absolute atomic E-state index is 0.248. The number of hydrogen-bond donors (Lipinski definition) is 2. The van der Waals surface area contributed by atoms with E-state index in [0.29, 0.717) is 22.8 Å². The van der Waals surface area contributed by atoms with Gasteiger partial charge in [-0.25, -0.2) is 9.78 Å². The highest BCUT2D eigenvalue weighted by Crippen LogP contribution is 2.43. The molecule has 34 heavy (non-hydrogen) atoms. The predicted octanol–water partition coefficient (Wildman–Crippen LogP) is 9.40. The summed E-state index contributed by atoms with van der Waals surface area (Å²) in [4.78, 5) is 18.3. The third kappa shape index (κ3) is 5.47. The van der Waals surface area contributed by atoms with Crippen molar-refractivity contribution in [2.75, 3.05) is 10.6 Å². The number of para-hydroxylation sites is 1. The molecule has 0 radical (unpaired) electrons. The molecule has 1 fully saturated rings. The number of halogens is 1. The minimum Gasteiger partial charge on any atom is -0.307 e. The van der Waals surface area contributed by atoms with E-state index < -0.39 is 0 Å². The Bertz CT molecular complexity index is 1120. The summed E-state index contributed by atoms with van der Waals surface area (Å²) < 4.78 is 0. The first kappa shape index (κ1) is 24.7. The fourth-order valence-electron chi connectivity index (χ4n) is 4.72. The second kappa shape index (κ2) is 10.9. The first-order chi connectivity index (χ1) is 16.3. The number of nitrogens with zero attached hydrogens (tertiary/aromatic N) is 1. The number of rotatable bonds is 6. The second-order valence-corrected chi connectivity index (χ2v) is 11.2. The minimum atomic E-state index is -0.248. The van der Waals surface area contributed by atoms with Crippen LogP contribution in [0, 0.1) is 0 Å². The monoisotopic (exact) mass is 495 g/mol. The van der Waals surface area contributed by atoms with E-state index in [0.717, 1.165) is 50.9 Å². The number of thiazole rings is 1. The number of carbonyl (C=O) groups is 1. The van der Waals surface area contributed by atoms with Gasteiger partial charge in [-0.3, -0.25) is 5.32 Å². The molecule has 2 aromatic carbocycles. The lowest BCUT2D eigenvalue weighted by molar-refractivity contribution is 0.262. The van der Waals surface area contributed by atoms with Crippen molar-refractivity contribution in [2.24, 2.45) is 0 Å². The predicted molar refractivity (Wildman–Crippen MR) is 146 cm³/mol. The molecule has 2 amide bonds. The second-order valence-electron chi connectivity index (χ2n) is 9.74. The zero-order valence-electron chi connectivity index (χ0n) is 20.5. The van der Waals surface area contributed by atoms with Crippen molar-refractivity contribution < 1.29 is 4.79 Å². The van der Waals surface area contributed by atoms with Crippen molar-refractivity contribution >= 4 is 39.7 Å². The number of amides is 2. The summed E-state index contributed by atoms with van der Waals surface area (Å²) in [6.07, 6.45) is 6.07. The molecule has 2 N–H and O–H groups in total. The van der Waals surface area contributed by atoms with Gasteiger partial charge in [0.25, 0.3) is 0 Å². The quantitative estimate of drug-likeness (QED) is 0.357. The summed E-state index contributed by atoms with van der Waals surface area (Å²) in [7, 11) is 0. The van der Waals surface area contributed by atoms with E-state index in [1.54, 1.807) is 11.3 Å². The van der Waals surface area contributed by atoms with Gasteiger partial charge in [-0.2, -0.15) is 0 Å². The summed E-state index contributed by atoms with van der Waals surface area (Å²) in [5.41, 5.74) is 4.79. The van der Waals surface area contributed by atoms with Gasteiger partial charge in [-0.05, 0) is 41.9 Å². The Morgan fingerprint density at radius 1 is 0.941 bits per heavy atom. The van der Waals surface area contributed by atoms with E-state index in [2.05, 4.69) is 56.5 Å². The normalized spacial score (nSPS) is 14.6. The largest absolute Gasteiger partial charge is 0.324 e. The maximum Gasteiger partial charge on any atom is 0.324 e. The van der Waals surface area contributed by atoms with Crippen LogP contribution in [0.1, 0.15) is 93.7 Å². The van der Waals surface area contributed by atoms with Crippen molar-refractivity contribution in [3.05, 3.63) is 63.6 Å². The maximum atomic E-state index is 13.3. The molecule has 1 aromatic heterocycles. The zero-order chi connectivity index (χ0) is 24.2. The Hall–Kier alpha value is -2.37. The summed E-state index contributed by atoms with van der Waals surface area (Å²) >= 11 is 8.13. The number of carbonyl (C=O) groups excluding carboxylic acids is 1. The molecule has 0 atom stereocenters. The first-order valence-electron chi connectivity index (χ1n) is 12.3. The number of hydrogen-bond acceptors (Lipinski definition) is 3. The van der Waals surface area contributed by atoms with Crippen LogP contribution < -0.4 is 10.6 Å². The molecule has 1 aliphatic carbocycles. The van der Waals surface area contributed by atoms with Gasteiger partial charge in [0.05, 0.1) is 10.0 Å². The van der Waals surface area contributed by atoms with Crippen LogP contribution >= 0.6 is 22.9 Å². The van der Waals surface area contributed by atoms with Crippen LogP contribution in [0.15, 0.2) is 42.5 Å². The van der Waals surface area contributed by atoms with Crippen molar-refractivity contribution in [1.82, 2.24) is 4.98 Å². The lowest BCUT2D eigenvalue weighted by atomic mass is 9.90. The third-order valence-corrected chi connectivity index (χ3v) is 8.03. The highest BCUT2D eigenvalue weighted by Gasteiger charge is 2.24. The van der Waals surface area contributed by atoms with Gasteiger partial charge in [0, 0.05) is 17.2 Å². The van der Waals surface area contributed by atoms with E-state index in [1.165, 1.54) is 19.3 Å². The Kier molecular flexibility index (Phi) is 7.95. The molecule has 0 saturated heterocycles. The average molecular weight is 496 g/mol. The van der Waals surface area contributed by atoms with Crippen LogP contribution in [0.25, 0.3) is 11.3 Å². The summed E-state index contributed by atoms with van der Waals surface area (Å²) in [5.74, 6) is 1.05. The molecule has 1 aliphatic rings. The van der Waals surface area contributed by atoms with Gasteiger partial charge in [0.15, 0.2) is 0 Å². The third-order valence-electron chi connectivity index (χ3n) is 6.57. The molecular weight excluding hydrogens is 462 g/mol. The van der Waals surface area contributed by atoms with Crippen molar-refractivity contribution in [3.8, 4) is 11.3 Å². The zero-order valence-corrected chi connectivity index (χ0v) is 22.0. The fourth-order valence-corrected chi connectivity index (χ4v) is 6.09. The van der Waals surface area contributed by atoms with Gasteiger partial charge < -0.3 is 5.32 Å². The molecule has 4 rings (SSSR count). The van der Waals surface area contributed by atoms with Crippen molar-refractivity contribution in [3.63, 3.8) is 0 Å². The fraction of sp³-hybridized carbons (Fsp3) is 0.429. The Morgan fingerprint density at radius 2 is 1.59 bits per heavy atom. The number of anilines is 2. The van der Waals surface area contributed by atoms with E-state index in [1.807, 2.05) is 24.3 Å². The number of aromatic nitrogens is 1. The molecule has 3 aromatic rings. The lowest BCUT2D eigenvalue weighted by Gasteiger charge is -2.20. The molecule has 4 nitrogen and oxygen atoms in total. The number of nitrogens with one attached hydrogen (secondary N) is 2. The molecule has 0 aliphatic heterocycles. The number of benzene rings is 2. The molecule has 0 bridgehead atoms. The van der Waals surface area contributed by atoms with E-state index in [-0.39, 0.29) is 6.03 Å². The SMILES string of the molecule is CC(C)c1cccc(C(C)C)c1NC(=O)Nc1sc(C2CCCCC2)nc1-c1ccccc1Cl. The van der Waals surface area contributed by atoms with Crippen LogP contribution in [-0.4, -0.2) is 11.0 Å². The van der Waals surface area contributed by atoms with Crippen molar-refractivity contribution in [2.45, 2.75) is 77.6 Å². The van der Waals surface area contributed by atoms with Crippen LogP contribution in [0.5, 0.6) is 0 Å². The molecule has 6 heteroatoms. The molecule has 1 heterocycles. The molecular formula is C28H34ClN3OS. The van der Waals surface area contributed by atoms with Gasteiger partial charge in [0.1, 0.15) is 10.7 Å². The summed E-state index contributed by atoms with van der Waals surface area (Å²) in [6, 6.07) is 13.7. The maximum absolute atomic E-state index is 13.3. The molecule has 0 unspecified atom stereocenters. The average Bonchev–Trinajstić information content (AvgIpc) is 3.23. The lowest BCUT2D eigenvalue weighted by Crippen LogP contribution is -2.21. The Labute approximate surface area is 212 Å². The van der Waals surface area contributed by atoms with E-state index in [4.69, 9.17) is 16.6 Å². The van der Waals surface area contributed by atoms with Gasteiger partial charge in [-0.1, -0.05) is 95.0 Å². The molecule has 0 spiro atoms. The van der Waals surface area contributed by atoms with Crippen LogP contribution in [-0.2, 0) is 0 Å². The molecule has 180 valence electrons. The van der Waals surface area contributed by atoms with Crippen LogP contribution in [0.4, 0.5) is 15.5 Å². The van der Waals surface area contributed by atoms with Gasteiger partial charge >= 0.3 is 6.03 Å². The highest BCUT2D eigenvalue weighted by atomic mass is 35.5. The summed E-state index contributed by atoms with van der Waals surface area (Å²) in [5, 5.41) is 8.77. The van der Waals surface area contributed by atoms with Crippen LogP contribution in [0.3, 0.4) is 0 Å². The smallest absolute Gasteiger partial charge is 0.307 e. The van der Waals surface area contributed by atoms with Gasteiger partial charge in [-0.15, -0.1) is 11.3 Å².